The van der Waals surface area contributed by atoms with Crippen molar-refractivity contribution in [1.29, 1.82) is 0 Å². The largest absolute Gasteiger partial charge is 0.477 e. The number of fused-ring (bicyclic) bond motifs is 1. The molecule has 0 amide bonds. The highest BCUT2D eigenvalue weighted by Gasteiger charge is 2.25. The molecule has 1 aromatic rings. The number of carbonyl (C=O) groups is 1. The lowest BCUT2D eigenvalue weighted by molar-refractivity contribution is 0.0691. The molecule has 2 N–H and O–H groups in total. The Labute approximate surface area is 113 Å². The van der Waals surface area contributed by atoms with Gasteiger partial charge in [-0.1, -0.05) is 37.0 Å². The maximum atomic E-state index is 10.9. The minimum Gasteiger partial charge on any atom is -0.477 e. The molecule has 0 aliphatic heterocycles. The summed E-state index contributed by atoms with van der Waals surface area (Å²) in [4.78, 5) is 13.9. The van der Waals surface area contributed by atoms with Crippen LogP contribution in [0.5, 0.6) is 0 Å². The molecule has 0 radical (unpaired) electrons. The average molecular weight is 257 g/mol. The van der Waals surface area contributed by atoms with Gasteiger partial charge in [-0.05, 0) is 43.2 Å². The van der Waals surface area contributed by atoms with Crippen molar-refractivity contribution < 1.29 is 9.90 Å². The average Bonchev–Trinajstić information content (AvgIpc) is 2.94. The van der Waals surface area contributed by atoms with E-state index in [1.165, 1.54) is 5.56 Å². The summed E-state index contributed by atoms with van der Waals surface area (Å²) < 4.78 is 0. The van der Waals surface area contributed by atoms with Gasteiger partial charge in [0.2, 0.25) is 0 Å². The van der Waals surface area contributed by atoms with Gasteiger partial charge in [-0.2, -0.15) is 0 Å². The Morgan fingerprint density at radius 2 is 2.37 bits per heavy atom. The van der Waals surface area contributed by atoms with Gasteiger partial charge in [0.05, 0.1) is 0 Å². The van der Waals surface area contributed by atoms with Crippen molar-refractivity contribution in [2.75, 3.05) is 0 Å². The molecule has 3 nitrogen and oxygen atoms in total. The van der Waals surface area contributed by atoms with Gasteiger partial charge in [-0.25, -0.2) is 4.79 Å². The highest BCUT2D eigenvalue weighted by Crippen LogP contribution is 2.37. The molecule has 100 valence electrons. The van der Waals surface area contributed by atoms with Gasteiger partial charge < -0.3 is 10.1 Å². The quantitative estimate of drug-likeness (QED) is 0.761. The molecule has 0 saturated heterocycles. The Morgan fingerprint density at radius 1 is 1.58 bits per heavy atom. The van der Waals surface area contributed by atoms with Gasteiger partial charge >= 0.3 is 5.97 Å². The predicted molar refractivity (Wildman–Crippen MR) is 76.5 cm³/mol. The van der Waals surface area contributed by atoms with E-state index < -0.39 is 5.97 Å². The van der Waals surface area contributed by atoms with Gasteiger partial charge in [0.15, 0.2) is 0 Å². The number of allylic oxidation sites excluding steroid dienone is 4. The van der Waals surface area contributed by atoms with Crippen LogP contribution in [0, 0.1) is 0 Å². The summed E-state index contributed by atoms with van der Waals surface area (Å²) in [6, 6.07) is 1.79. The number of carboxylic acids is 1. The Kier molecular flexibility index (Phi) is 4.05. The molecule has 1 aliphatic rings. The first-order valence-electron chi connectivity index (χ1n) is 6.53. The zero-order chi connectivity index (χ0) is 13.8. The number of aromatic carboxylic acids is 1. The lowest BCUT2D eigenvalue weighted by Crippen LogP contribution is -1.98. The Balaban J connectivity index is 1.98. The fourth-order valence-corrected chi connectivity index (χ4v) is 2.62. The second-order valence-electron chi connectivity index (χ2n) is 4.95. The van der Waals surface area contributed by atoms with E-state index in [0.717, 1.165) is 37.0 Å². The highest BCUT2D eigenvalue weighted by molar-refractivity contribution is 5.86. The molecule has 0 fully saturated rings. The van der Waals surface area contributed by atoms with Gasteiger partial charge in [-0.3, -0.25) is 0 Å². The van der Waals surface area contributed by atoms with E-state index in [-0.39, 0.29) is 0 Å². The summed E-state index contributed by atoms with van der Waals surface area (Å²) in [5, 5.41) is 8.98. The third kappa shape index (κ3) is 3.05. The summed E-state index contributed by atoms with van der Waals surface area (Å²) in [5.41, 5.74) is 3.66. The summed E-state index contributed by atoms with van der Waals surface area (Å²) in [7, 11) is 0. The molecule has 1 unspecified atom stereocenters. The van der Waals surface area contributed by atoms with Crippen LogP contribution in [0.25, 0.3) is 0 Å². The minimum absolute atomic E-state index is 0.306. The molecule has 1 aliphatic carbocycles. The van der Waals surface area contributed by atoms with E-state index in [9.17, 15) is 4.79 Å². The van der Waals surface area contributed by atoms with Crippen molar-refractivity contribution in [1.82, 2.24) is 4.98 Å². The number of aryl methyl sites for hydroxylation is 1. The number of carboxylic acid groups (broad SMARTS) is 1. The Bertz CT molecular complexity index is 537. The van der Waals surface area contributed by atoms with Gasteiger partial charge in [0.1, 0.15) is 5.69 Å². The predicted octanol–water partition coefficient (Wildman–Crippen LogP) is 3.82. The zero-order valence-corrected chi connectivity index (χ0v) is 11.0. The summed E-state index contributed by atoms with van der Waals surface area (Å²) >= 11 is 0. The second kappa shape index (κ2) is 5.74. The minimum atomic E-state index is -0.883. The molecule has 19 heavy (non-hydrogen) atoms. The Hall–Kier alpha value is -2.03. The normalized spacial score (nSPS) is 17.6. The summed E-state index contributed by atoms with van der Waals surface area (Å²) in [5.74, 6) is -0.431. The molecule has 0 spiro atoms. The molecule has 0 saturated carbocycles. The molecular weight excluding hydrogens is 238 g/mol. The molecule has 0 aromatic carbocycles. The van der Waals surface area contributed by atoms with Crippen molar-refractivity contribution in [2.45, 2.75) is 31.6 Å². The van der Waals surface area contributed by atoms with E-state index in [4.69, 9.17) is 5.11 Å². The summed E-state index contributed by atoms with van der Waals surface area (Å²) in [6.45, 7) is 7.64. The lowest BCUT2D eigenvalue weighted by atomic mass is 9.95. The van der Waals surface area contributed by atoms with E-state index >= 15 is 0 Å². The topological polar surface area (TPSA) is 53.1 Å². The van der Waals surface area contributed by atoms with Crippen LogP contribution in [0.1, 0.15) is 46.9 Å². The number of H-pyrrole nitrogens is 1. The lowest BCUT2D eigenvalue weighted by Gasteiger charge is -2.09. The monoisotopic (exact) mass is 257 g/mol. The SMILES string of the molecule is C=C/C=C\C(=C)CCC1CCc2[nH]c(C(=O)O)cc21. The van der Waals surface area contributed by atoms with Gasteiger partial charge in [-0.15, -0.1) is 0 Å². The fraction of sp³-hybridized carbons (Fsp3) is 0.312. The molecule has 1 aromatic heterocycles. The molecule has 2 rings (SSSR count). The highest BCUT2D eigenvalue weighted by atomic mass is 16.4. The number of aromatic nitrogens is 1. The van der Waals surface area contributed by atoms with E-state index in [2.05, 4.69) is 18.1 Å². The van der Waals surface area contributed by atoms with Crippen LogP contribution >= 0.6 is 0 Å². The van der Waals surface area contributed by atoms with Crippen molar-refractivity contribution >= 4 is 5.97 Å². The number of hydrogen-bond donors (Lipinski definition) is 2. The summed E-state index contributed by atoms with van der Waals surface area (Å²) in [6.07, 6.45) is 9.60. The van der Waals surface area contributed by atoms with E-state index in [1.807, 2.05) is 12.2 Å². The van der Waals surface area contributed by atoms with Crippen molar-refractivity contribution in [3.05, 3.63) is 60.0 Å². The van der Waals surface area contributed by atoms with Crippen molar-refractivity contribution in [2.24, 2.45) is 0 Å². The van der Waals surface area contributed by atoms with Crippen molar-refractivity contribution in [3.8, 4) is 0 Å². The van der Waals surface area contributed by atoms with Crippen LogP contribution in [0.3, 0.4) is 0 Å². The van der Waals surface area contributed by atoms with Crippen molar-refractivity contribution in [3.63, 3.8) is 0 Å². The first-order valence-corrected chi connectivity index (χ1v) is 6.53. The number of hydrogen-bond acceptors (Lipinski definition) is 1. The number of aromatic amines is 1. The smallest absolute Gasteiger partial charge is 0.352 e. The maximum absolute atomic E-state index is 10.9. The second-order valence-corrected chi connectivity index (χ2v) is 4.95. The maximum Gasteiger partial charge on any atom is 0.352 e. The fourth-order valence-electron chi connectivity index (χ4n) is 2.62. The molecular formula is C16H19NO2. The first-order chi connectivity index (χ1) is 9.11. The van der Waals surface area contributed by atoms with Crippen LogP contribution in [0.4, 0.5) is 0 Å². The van der Waals surface area contributed by atoms with Crippen LogP contribution in [0.2, 0.25) is 0 Å². The van der Waals surface area contributed by atoms with Crippen LogP contribution < -0.4 is 0 Å². The van der Waals surface area contributed by atoms with Gasteiger partial charge in [0.25, 0.3) is 0 Å². The molecule has 1 heterocycles. The standard InChI is InChI=1S/C16H19NO2/c1-3-4-5-11(2)6-7-12-8-9-14-13(12)10-15(17-14)16(18)19/h3-5,10,12,17H,1-2,6-9H2,(H,18,19)/b5-4-. The van der Waals surface area contributed by atoms with Crippen LogP contribution in [-0.4, -0.2) is 16.1 Å². The first kappa shape index (κ1) is 13.4. The van der Waals surface area contributed by atoms with E-state index in [0.29, 0.717) is 11.6 Å². The molecule has 1 atom stereocenters. The van der Waals surface area contributed by atoms with Crippen LogP contribution in [0.15, 0.2) is 43.0 Å². The third-order valence-corrected chi connectivity index (χ3v) is 3.63. The van der Waals surface area contributed by atoms with Gasteiger partial charge in [0, 0.05) is 5.69 Å². The zero-order valence-electron chi connectivity index (χ0n) is 11.0. The third-order valence-electron chi connectivity index (χ3n) is 3.63. The van der Waals surface area contributed by atoms with E-state index in [1.54, 1.807) is 12.1 Å². The van der Waals surface area contributed by atoms with Crippen LogP contribution in [-0.2, 0) is 6.42 Å². The number of rotatable bonds is 6. The number of nitrogens with one attached hydrogen (secondary N) is 1. The molecule has 0 bridgehead atoms. The molecule has 3 heteroatoms. The Morgan fingerprint density at radius 3 is 3.05 bits per heavy atom.